The molecule has 0 radical (unpaired) electrons. The molecule has 156 valence electrons. The Kier molecular flexibility index (Phi) is 8.89. The standard InChI is InChI=1S/2C9H19NO3/c2*1-5-6(2)10(3)7(4-11)9(13)8(5)12/h2*5-9,11-13H,4H2,1-3H3/t2*5?,6-,7?,8?,9+/m11/s1. The molecule has 10 atom stereocenters. The average Bonchev–Trinajstić information content (AvgIpc) is 2.63. The molecular formula is C18H38N2O6. The van der Waals surface area contributed by atoms with Crippen LogP contribution in [0.25, 0.3) is 0 Å². The van der Waals surface area contributed by atoms with Gasteiger partial charge < -0.3 is 30.6 Å². The number of aliphatic hydroxyl groups excluding tert-OH is 6. The molecule has 0 spiro atoms. The maximum absolute atomic E-state index is 9.65. The lowest BCUT2D eigenvalue weighted by molar-refractivity contribution is -0.128. The van der Waals surface area contributed by atoms with Crippen LogP contribution in [0.2, 0.25) is 0 Å². The van der Waals surface area contributed by atoms with E-state index < -0.39 is 24.4 Å². The highest BCUT2D eigenvalue weighted by Gasteiger charge is 2.43. The molecule has 26 heavy (non-hydrogen) atoms. The highest BCUT2D eigenvalue weighted by molar-refractivity contribution is 4.96. The summed E-state index contributed by atoms with van der Waals surface area (Å²) in [6.45, 7) is 7.55. The van der Waals surface area contributed by atoms with E-state index in [2.05, 4.69) is 0 Å². The molecule has 0 amide bonds. The molecule has 0 bridgehead atoms. The Balaban J connectivity index is 0.000000260. The third-order valence-corrected chi connectivity index (χ3v) is 6.79. The summed E-state index contributed by atoms with van der Waals surface area (Å²) in [4.78, 5) is 3.84. The van der Waals surface area contributed by atoms with Crippen molar-refractivity contribution in [2.24, 2.45) is 11.8 Å². The van der Waals surface area contributed by atoms with E-state index in [-0.39, 0.29) is 49.2 Å². The minimum Gasteiger partial charge on any atom is -0.395 e. The van der Waals surface area contributed by atoms with Crippen LogP contribution in [0.4, 0.5) is 0 Å². The van der Waals surface area contributed by atoms with Crippen molar-refractivity contribution in [2.75, 3.05) is 27.3 Å². The predicted molar refractivity (Wildman–Crippen MR) is 98.6 cm³/mol. The second-order valence-electron chi connectivity index (χ2n) is 7.99. The van der Waals surface area contributed by atoms with E-state index in [4.69, 9.17) is 10.2 Å². The highest BCUT2D eigenvalue weighted by atomic mass is 16.3. The normalized spacial score (nSPS) is 48.0. The van der Waals surface area contributed by atoms with Gasteiger partial charge in [-0.15, -0.1) is 0 Å². The summed E-state index contributed by atoms with van der Waals surface area (Å²) in [7, 11) is 3.72. The van der Waals surface area contributed by atoms with Crippen LogP contribution >= 0.6 is 0 Å². The third-order valence-electron chi connectivity index (χ3n) is 6.79. The molecule has 0 aromatic rings. The largest absolute Gasteiger partial charge is 0.395 e. The fraction of sp³-hybridized carbons (Fsp3) is 1.00. The summed E-state index contributed by atoms with van der Waals surface area (Å²) in [5.74, 6) is 0.0607. The van der Waals surface area contributed by atoms with Gasteiger partial charge in [0.2, 0.25) is 0 Å². The summed E-state index contributed by atoms with van der Waals surface area (Å²) < 4.78 is 0. The first kappa shape index (κ1) is 23.7. The maximum Gasteiger partial charge on any atom is 0.0979 e. The van der Waals surface area contributed by atoms with Crippen LogP contribution in [0.1, 0.15) is 27.7 Å². The highest BCUT2D eigenvalue weighted by Crippen LogP contribution is 2.27. The molecule has 2 fully saturated rings. The molecule has 8 heteroatoms. The lowest BCUT2D eigenvalue weighted by atomic mass is 9.83. The van der Waals surface area contributed by atoms with E-state index >= 15 is 0 Å². The fourth-order valence-electron chi connectivity index (χ4n) is 3.95. The van der Waals surface area contributed by atoms with Gasteiger partial charge in [0.25, 0.3) is 0 Å². The molecule has 0 saturated carbocycles. The first-order valence-corrected chi connectivity index (χ1v) is 9.39. The van der Waals surface area contributed by atoms with Crippen LogP contribution in [0.3, 0.4) is 0 Å². The van der Waals surface area contributed by atoms with Gasteiger partial charge in [-0.3, -0.25) is 9.80 Å². The lowest BCUT2D eigenvalue weighted by Gasteiger charge is -2.46. The maximum atomic E-state index is 9.65. The SMILES string of the molecule is CC1C(O)[C@@H](O)C(CO)N(C)[C@@H]1C.CC1C(O)[C@@H](O)C(CO)N(C)[C@@H]1C. The average molecular weight is 379 g/mol. The Hall–Kier alpha value is -0.320. The molecule has 2 aliphatic heterocycles. The van der Waals surface area contributed by atoms with E-state index in [1.54, 1.807) is 0 Å². The topological polar surface area (TPSA) is 128 Å². The van der Waals surface area contributed by atoms with Crippen LogP contribution in [0.15, 0.2) is 0 Å². The number of likely N-dealkylation sites (tertiary alicyclic amines) is 2. The van der Waals surface area contributed by atoms with Crippen LogP contribution in [-0.4, -0.2) is 116 Å². The number of aliphatic hydroxyl groups is 6. The van der Waals surface area contributed by atoms with Gasteiger partial charge in [0.1, 0.15) is 0 Å². The second kappa shape index (κ2) is 9.75. The van der Waals surface area contributed by atoms with E-state index in [0.717, 1.165) is 0 Å². The lowest BCUT2D eigenvalue weighted by Crippen LogP contribution is -2.62. The van der Waals surface area contributed by atoms with Crippen molar-refractivity contribution in [3.05, 3.63) is 0 Å². The monoisotopic (exact) mass is 378 g/mol. The molecule has 0 aromatic carbocycles. The number of nitrogens with zero attached hydrogens (tertiary/aromatic N) is 2. The Morgan fingerprint density at radius 2 is 0.846 bits per heavy atom. The van der Waals surface area contributed by atoms with Crippen LogP contribution in [0.5, 0.6) is 0 Å². The number of hydrogen-bond donors (Lipinski definition) is 6. The zero-order chi connectivity index (χ0) is 20.3. The van der Waals surface area contributed by atoms with Crippen LogP contribution in [0, 0.1) is 11.8 Å². The number of likely N-dealkylation sites (N-methyl/N-ethyl adjacent to an activating group) is 2. The number of piperidine rings is 2. The van der Waals surface area contributed by atoms with Crippen molar-refractivity contribution in [3.63, 3.8) is 0 Å². The molecular weight excluding hydrogens is 340 g/mol. The summed E-state index contributed by atoms with van der Waals surface area (Å²) in [6.07, 6.45) is -3.16. The zero-order valence-electron chi connectivity index (χ0n) is 16.8. The fourth-order valence-corrected chi connectivity index (χ4v) is 3.95. The van der Waals surface area contributed by atoms with Gasteiger partial charge in [0, 0.05) is 12.1 Å². The van der Waals surface area contributed by atoms with Crippen molar-refractivity contribution < 1.29 is 30.6 Å². The van der Waals surface area contributed by atoms with Crippen LogP contribution < -0.4 is 0 Å². The van der Waals surface area contributed by atoms with E-state index in [1.807, 2.05) is 51.6 Å². The van der Waals surface area contributed by atoms with Crippen molar-refractivity contribution in [1.29, 1.82) is 0 Å². The number of rotatable bonds is 2. The summed E-state index contributed by atoms with van der Waals surface area (Å²) >= 11 is 0. The van der Waals surface area contributed by atoms with Gasteiger partial charge in [-0.05, 0) is 39.8 Å². The number of hydrogen-bond acceptors (Lipinski definition) is 8. The minimum atomic E-state index is -0.846. The van der Waals surface area contributed by atoms with E-state index in [1.165, 1.54) is 0 Å². The first-order valence-electron chi connectivity index (χ1n) is 9.39. The molecule has 8 nitrogen and oxygen atoms in total. The molecule has 0 aliphatic carbocycles. The molecule has 2 aliphatic rings. The Morgan fingerprint density at radius 3 is 1.08 bits per heavy atom. The van der Waals surface area contributed by atoms with E-state index in [9.17, 15) is 20.4 Å². The Labute approximate surface area is 156 Å². The predicted octanol–water partition coefficient (Wildman–Crippen LogP) is -1.92. The van der Waals surface area contributed by atoms with E-state index in [0.29, 0.717) is 0 Å². The molecule has 6 N–H and O–H groups in total. The van der Waals surface area contributed by atoms with Gasteiger partial charge in [-0.25, -0.2) is 0 Å². The van der Waals surface area contributed by atoms with Gasteiger partial charge in [0.15, 0.2) is 0 Å². The Morgan fingerprint density at radius 1 is 0.577 bits per heavy atom. The van der Waals surface area contributed by atoms with Crippen LogP contribution in [-0.2, 0) is 0 Å². The molecule has 2 heterocycles. The Bertz CT molecular complexity index is 358. The van der Waals surface area contributed by atoms with Gasteiger partial charge >= 0.3 is 0 Å². The molecule has 2 rings (SSSR count). The molecule has 2 saturated heterocycles. The molecule has 0 aromatic heterocycles. The summed E-state index contributed by atoms with van der Waals surface area (Å²) in [6, 6.07) is -0.339. The first-order chi connectivity index (χ1) is 12.0. The van der Waals surface area contributed by atoms with Gasteiger partial charge in [-0.2, -0.15) is 0 Å². The second-order valence-corrected chi connectivity index (χ2v) is 7.99. The van der Waals surface area contributed by atoms with Crippen molar-refractivity contribution >= 4 is 0 Å². The van der Waals surface area contributed by atoms with Crippen molar-refractivity contribution in [1.82, 2.24) is 9.80 Å². The summed E-state index contributed by atoms with van der Waals surface area (Å²) in [5.41, 5.74) is 0. The zero-order valence-corrected chi connectivity index (χ0v) is 16.8. The van der Waals surface area contributed by atoms with Gasteiger partial charge in [0.05, 0.1) is 49.7 Å². The van der Waals surface area contributed by atoms with Gasteiger partial charge in [-0.1, -0.05) is 13.8 Å². The van der Waals surface area contributed by atoms with Crippen molar-refractivity contribution in [2.45, 2.75) is 76.3 Å². The quantitative estimate of drug-likeness (QED) is 0.328. The molecule has 6 unspecified atom stereocenters. The smallest absolute Gasteiger partial charge is 0.0979 e. The summed E-state index contributed by atoms with van der Waals surface area (Å²) in [5, 5.41) is 56.7. The van der Waals surface area contributed by atoms with Crippen molar-refractivity contribution in [3.8, 4) is 0 Å². The minimum absolute atomic E-state index is 0.0304. The third kappa shape index (κ3) is 4.56.